The normalized spacial score (nSPS) is 10.4. The van der Waals surface area contributed by atoms with Crippen molar-refractivity contribution >= 4 is 23.2 Å². The Morgan fingerprint density at radius 2 is 1.28 bits per heavy atom. The molecule has 0 heterocycles. The largest absolute Gasteiger partial charge is 0.490 e. The summed E-state index contributed by atoms with van der Waals surface area (Å²) in [6.07, 6.45) is 0. The van der Waals surface area contributed by atoms with Gasteiger partial charge in [-0.1, -0.05) is 60.7 Å². The highest BCUT2D eigenvalue weighted by Gasteiger charge is 2.21. The van der Waals surface area contributed by atoms with Crippen molar-refractivity contribution < 1.29 is 19.1 Å². The average Bonchev–Trinajstić information content (AvgIpc) is 2.93. The molecule has 0 saturated heterocycles. The Morgan fingerprint density at radius 1 is 0.694 bits per heavy atom. The zero-order valence-corrected chi connectivity index (χ0v) is 20.1. The number of rotatable bonds is 10. The van der Waals surface area contributed by atoms with Crippen LogP contribution in [0.15, 0.2) is 109 Å². The van der Waals surface area contributed by atoms with Crippen LogP contribution in [0, 0.1) is 0 Å². The Morgan fingerprint density at radius 3 is 2.00 bits per heavy atom. The first kappa shape index (κ1) is 24.5. The highest BCUT2D eigenvalue weighted by atomic mass is 16.5. The van der Waals surface area contributed by atoms with Crippen molar-refractivity contribution in [1.29, 1.82) is 0 Å². The van der Waals surface area contributed by atoms with Gasteiger partial charge in [-0.05, 0) is 55.5 Å². The van der Waals surface area contributed by atoms with Gasteiger partial charge in [0.05, 0.1) is 16.8 Å². The van der Waals surface area contributed by atoms with Gasteiger partial charge in [0.15, 0.2) is 0 Å². The summed E-state index contributed by atoms with van der Waals surface area (Å²) in [5.74, 6) is 0.639. The minimum atomic E-state index is -0.363. The lowest BCUT2D eigenvalue weighted by molar-refractivity contribution is 0.0989. The molecule has 0 bridgehead atoms. The minimum Gasteiger partial charge on any atom is -0.490 e. The molecular weight excluding hydrogens is 452 g/mol. The van der Waals surface area contributed by atoms with Gasteiger partial charge in [-0.25, -0.2) is 0 Å². The van der Waals surface area contributed by atoms with E-state index in [9.17, 15) is 9.59 Å². The highest BCUT2D eigenvalue weighted by molar-refractivity contribution is 6.14. The molecule has 0 spiro atoms. The van der Waals surface area contributed by atoms with Crippen LogP contribution in [0.2, 0.25) is 0 Å². The SMILES string of the molecule is CCN(C(=O)c1ccccc1NC(=O)c1ccccc1OCCOc1ccccc1)c1ccccc1. The Labute approximate surface area is 211 Å². The lowest BCUT2D eigenvalue weighted by Crippen LogP contribution is -2.31. The molecule has 6 heteroatoms. The van der Waals surface area contributed by atoms with Gasteiger partial charge in [0.2, 0.25) is 0 Å². The topological polar surface area (TPSA) is 67.9 Å². The van der Waals surface area contributed by atoms with E-state index in [1.165, 1.54) is 0 Å². The zero-order valence-electron chi connectivity index (χ0n) is 20.1. The smallest absolute Gasteiger partial charge is 0.260 e. The maximum absolute atomic E-state index is 13.4. The van der Waals surface area contributed by atoms with Gasteiger partial charge in [-0.2, -0.15) is 0 Å². The summed E-state index contributed by atoms with van der Waals surface area (Å²) in [6, 6.07) is 32.9. The van der Waals surface area contributed by atoms with Gasteiger partial charge in [-0.3, -0.25) is 9.59 Å². The fraction of sp³-hybridized carbons (Fsp3) is 0.133. The van der Waals surface area contributed by atoms with Crippen LogP contribution in [-0.4, -0.2) is 31.6 Å². The number of para-hydroxylation sites is 4. The van der Waals surface area contributed by atoms with Crippen molar-refractivity contribution in [2.75, 3.05) is 30.0 Å². The summed E-state index contributed by atoms with van der Waals surface area (Å²) in [4.78, 5) is 28.3. The number of nitrogens with one attached hydrogen (secondary N) is 1. The third-order valence-corrected chi connectivity index (χ3v) is 5.52. The maximum atomic E-state index is 13.4. The maximum Gasteiger partial charge on any atom is 0.260 e. The van der Waals surface area contributed by atoms with Gasteiger partial charge in [0.1, 0.15) is 24.7 Å². The third-order valence-electron chi connectivity index (χ3n) is 5.52. The first-order valence-corrected chi connectivity index (χ1v) is 11.8. The first-order valence-electron chi connectivity index (χ1n) is 11.8. The van der Waals surface area contributed by atoms with Crippen LogP contribution < -0.4 is 19.7 Å². The van der Waals surface area contributed by atoms with Crippen LogP contribution in [-0.2, 0) is 0 Å². The molecule has 4 rings (SSSR count). The summed E-state index contributed by atoms with van der Waals surface area (Å²) < 4.78 is 11.5. The average molecular weight is 481 g/mol. The van der Waals surface area contributed by atoms with Gasteiger partial charge < -0.3 is 19.7 Å². The van der Waals surface area contributed by atoms with Crippen molar-refractivity contribution in [3.8, 4) is 11.5 Å². The molecule has 0 radical (unpaired) electrons. The molecule has 6 nitrogen and oxygen atoms in total. The number of hydrogen-bond acceptors (Lipinski definition) is 4. The molecule has 0 unspecified atom stereocenters. The van der Waals surface area contributed by atoms with E-state index in [-0.39, 0.29) is 18.4 Å². The molecule has 0 fully saturated rings. The molecule has 4 aromatic rings. The molecule has 0 aromatic heterocycles. The number of nitrogens with zero attached hydrogens (tertiary/aromatic N) is 1. The summed E-state index contributed by atoms with van der Waals surface area (Å²) in [7, 11) is 0. The van der Waals surface area contributed by atoms with Crippen molar-refractivity contribution in [3.63, 3.8) is 0 Å². The molecule has 2 amide bonds. The van der Waals surface area contributed by atoms with E-state index in [0.717, 1.165) is 11.4 Å². The van der Waals surface area contributed by atoms with E-state index < -0.39 is 0 Å². The van der Waals surface area contributed by atoms with Crippen LogP contribution in [0.3, 0.4) is 0 Å². The molecule has 1 N–H and O–H groups in total. The van der Waals surface area contributed by atoms with Gasteiger partial charge >= 0.3 is 0 Å². The van der Waals surface area contributed by atoms with Crippen LogP contribution in [0.25, 0.3) is 0 Å². The highest BCUT2D eigenvalue weighted by Crippen LogP contribution is 2.24. The summed E-state index contributed by atoms with van der Waals surface area (Å²) in [6.45, 7) is 3.02. The molecule has 0 aliphatic carbocycles. The fourth-order valence-corrected chi connectivity index (χ4v) is 3.77. The number of benzene rings is 4. The number of hydrogen-bond donors (Lipinski definition) is 1. The van der Waals surface area contributed by atoms with Crippen molar-refractivity contribution in [2.24, 2.45) is 0 Å². The molecular formula is C30H28N2O4. The number of carbonyl (C=O) groups is 2. The van der Waals surface area contributed by atoms with Crippen molar-refractivity contribution in [3.05, 3.63) is 120 Å². The molecule has 0 saturated carbocycles. The summed E-state index contributed by atoms with van der Waals surface area (Å²) >= 11 is 0. The zero-order chi connectivity index (χ0) is 25.2. The van der Waals surface area contributed by atoms with Crippen LogP contribution in [0.1, 0.15) is 27.6 Å². The second kappa shape index (κ2) is 12.2. The molecule has 4 aromatic carbocycles. The fourth-order valence-electron chi connectivity index (χ4n) is 3.77. The Bertz CT molecular complexity index is 1290. The van der Waals surface area contributed by atoms with Crippen LogP contribution in [0.5, 0.6) is 11.5 Å². The Kier molecular flexibility index (Phi) is 8.33. The van der Waals surface area contributed by atoms with Crippen molar-refractivity contribution in [2.45, 2.75) is 6.92 Å². The van der Waals surface area contributed by atoms with Crippen molar-refractivity contribution in [1.82, 2.24) is 0 Å². The van der Waals surface area contributed by atoms with E-state index in [4.69, 9.17) is 9.47 Å². The van der Waals surface area contributed by atoms with E-state index >= 15 is 0 Å². The quantitative estimate of drug-likeness (QED) is 0.280. The number of carbonyl (C=O) groups excluding carboxylic acids is 2. The standard InChI is InChI=1S/C30H28N2O4/c1-2-32(23-13-5-3-6-14-23)30(34)25-17-9-11-19-27(25)31-29(33)26-18-10-12-20-28(26)36-22-21-35-24-15-7-4-8-16-24/h3-20H,2,21-22H2,1H3,(H,31,33). The molecule has 0 aliphatic heterocycles. The Hall–Kier alpha value is -4.58. The number of amides is 2. The summed E-state index contributed by atoms with van der Waals surface area (Å²) in [5, 5.41) is 2.90. The van der Waals surface area contributed by atoms with Gasteiger partial charge in [0.25, 0.3) is 11.8 Å². The Balaban J connectivity index is 1.46. The third kappa shape index (κ3) is 6.10. The van der Waals surface area contributed by atoms with E-state index in [1.54, 1.807) is 53.4 Å². The monoisotopic (exact) mass is 480 g/mol. The molecule has 0 atom stereocenters. The molecule has 36 heavy (non-hydrogen) atoms. The van der Waals surface area contributed by atoms with Crippen LogP contribution in [0.4, 0.5) is 11.4 Å². The van der Waals surface area contributed by atoms with Gasteiger partial charge in [-0.15, -0.1) is 0 Å². The lowest BCUT2D eigenvalue weighted by Gasteiger charge is -2.22. The predicted octanol–water partition coefficient (Wildman–Crippen LogP) is 6.06. The van der Waals surface area contributed by atoms with Crippen LogP contribution >= 0.6 is 0 Å². The molecule has 0 aliphatic rings. The first-order chi connectivity index (χ1) is 17.7. The van der Waals surface area contributed by atoms with Gasteiger partial charge in [0, 0.05) is 12.2 Å². The van der Waals surface area contributed by atoms with E-state index in [0.29, 0.717) is 35.7 Å². The second-order valence-corrected chi connectivity index (χ2v) is 7.89. The molecule has 182 valence electrons. The van der Waals surface area contributed by atoms with E-state index in [1.807, 2.05) is 67.6 Å². The summed E-state index contributed by atoms with van der Waals surface area (Å²) in [5.41, 5.74) is 2.01. The second-order valence-electron chi connectivity index (χ2n) is 7.89. The predicted molar refractivity (Wildman–Crippen MR) is 142 cm³/mol. The lowest BCUT2D eigenvalue weighted by atomic mass is 10.1. The van der Waals surface area contributed by atoms with E-state index in [2.05, 4.69) is 5.32 Å². The number of ether oxygens (including phenoxy) is 2. The number of anilines is 2. The minimum absolute atomic E-state index is 0.192.